The third-order valence-electron chi connectivity index (χ3n) is 4.00. The zero-order valence-electron chi connectivity index (χ0n) is 13.9. The average Bonchev–Trinajstić information content (AvgIpc) is 3.13. The van der Waals surface area contributed by atoms with Crippen LogP contribution in [0.3, 0.4) is 0 Å². The van der Waals surface area contributed by atoms with E-state index >= 15 is 0 Å². The number of nitrogens with two attached hydrogens (primary N) is 1. The first-order valence-corrected chi connectivity index (χ1v) is 7.90. The van der Waals surface area contributed by atoms with Crippen LogP contribution in [0.1, 0.15) is 18.7 Å². The standard InChI is InChI=1S/C16H18N4O6/c1-2-25-10(22)4-3-8-5-20(15-11(8)14(17)18-7-19-15)16-13(24)12(23)9(6-21)26-16/h5,7,9,12-13,16,21,23-24H,2,6H2,1H3,(H2,17,18,19)/t9-,12-,13-,16-/m1/s1. The molecule has 0 saturated carbocycles. The van der Waals surface area contributed by atoms with E-state index in [0.717, 1.165) is 0 Å². The fraction of sp³-hybridized carbons (Fsp3) is 0.438. The number of carbonyl (C=O) groups is 1. The Morgan fingerprint density at radius 1 is 1.42 bits per heavy atom. The lowest BCUT2D eigenvalue weighted by atomic mass is 10.1. The lowest BCUT2D eigenvalue weighted by Gasteiger charge is -2.17. The molecule has 5 N–H and O–H groups in total. The molecule has 1 aliphatic heterocycles. The molecule has 0 bridgehead atoms. The summed E-state index contributed by atoms with van der Waals surface area (Å²) >= 11 is 0. The normalized spacial score (nSPS) is 25.1. The van der Waals surface area contributed by atoms with E-state index < -0.39 is 37.1 Å². The SMILES string of the molecule is CCOC(=O)C#Cc1cn([C@@H]2O[C@H](CO)[C@@H](O)[C@H]2O)c2ncnc(N)c12. The van der Waals surface area contributed by atoms with Crippen molar-refractivity contribution in [3.8, 4) is 11.8 Å². The highest BCUT2D eigenvalue weighted by Gasteiger charge is 2.44. The molecule has 2 aromatic heterocycles. The van der Waals surface area contributed by atoms with Crippen LogP contribution < -0.4 is 5.73 Å². The highest BCUT2D eigenvalue weighted by molar-refractivity contribution is 5.95. The van der Waals surface area contributed by atoms with Gasteiger partial charge in [-0.3, -0.25) is 0 Å². The summed E-state index contributed by atoms with van der Waals surface area (Å²) < 4.78 is 11.7. The number of rotatable bonds is 3. The molecular formula is C16H18N4O6. The second kappa shape index (κ2) is 7.27. The predicted octanol–water partition coefficient (Wildman–Crippen LogP) is -1.46. The Morgan fingerprint density at radius 3 is 2.85 bits per heavy atom. The number of ether oxygens (including phenoxy) is 2. The van der Waals surface area contributed by atoms with Crippen LogP contribution in [0.2, 0.25) is 0 Å². The highest BCUT2D eigenvalue weighted by Crippen LogP contribution is 2.34. The van der Waals surface area contributed by atoms with Crippen LogP contribution in [-0.4, -0.2) is 67.3 Å². The molecule has 3 rings (SSSR count). The molecule has 1 aliphatic rings. The molecule has 10 heteroatoms. The first-order valence-electron chi connectivity index (χ1n) is 7.90. The maximum atomic E-state index is 11.5. The number of nitrogens with zero attached hydrogens (tertiary/aromatic N) is 3. The van der Waals surface area contributed by atoms with Crippen LogP contribution in [-0.2, 0) is 14.3 Å². The molecule has 2 aromatic rings. The van der Waals surface area contributed by atoms with Gasteiger partial charge in [0.05, 0.1) is 24.2 Å². The van der Waals surface area contributed by atoms with E-state index in [1.54, 1.807) is 6.92 Å². The van der Waals surface area contributed by atoms with Crippen molar-refractivity contribution in [3.63, 3.8) is 0 Å². The smallest absolute Gasteiger partial charge is 0.384 e. The molecule has 26 heavy (non-hydrogen) atoms. The van der Waals surface area contributed by atoms with Crippen LogP contribution in [0.5, 0.6) is 0 Å². The van der Waals surface area contributed by atoms with Gasteiger partial charge in [0.2, 0.25) is 0 Å². The van der Waals surface area contributed by atoms with Crippen molar-refractivity contribution in [2.45, 2.75) is 31.5 Å². The lowest BCUT2D eigenvalue weighted by Crippen LogP contribution is -2.33. The molecular weight excluding hydrogens is 344 g/mol. The number of esters is 1. The van der Waals surface area contributed by atoms with Crippen molar-refractivity contribution in [2.24, 2.45) is 0 Å². The number of aliphatic hydroxyl groups is 3. The monoisotopic (exact) mass is 362 g/mol. The van der Waals surface area contributed by atoms with E-state index in [2.05, 4.69) is 21.8 Å². The van der Waals surface area contributed by atoms with Gasteiger partial charge in [0.15, 0.2) is 6.23 Å². The molecule has 1 fully saturated rings. The lowest BCUT2D eigenvalue weighted by molar-refractivity contribution is -0.136. The third kappa shape index (κ3) is 3.09. The predicted molar refractivity (Wildman–Crippen MR) is 88.5 cm³/mol. The Hall–Kier alpha value is -2.71. The molecule has 0 spiro atoms. The van der Waals surface area contributed by atoms with Crippen LogP contribution in [0.15, 0.2) is 12.5 Å². The summed E-state index contributed by atoms with van der Waals surface area (Å²) in [4.78, 5) is 19.5. The van der Waals surface area contributed by atoms with Gasteiger partial charge in [0, 0.05) is 12.1 Å². The minimum Gasteiger partial charge on any atom is -0.456 e. The maximum absolute atomic E-state index is 11.5. The number of hydrogen-bond acceptors (Lipinski definition) is 9. The molecule has 138 valence electrons. The second-order valence-corrected chi connectivity index (χ2v) is 5.61. The number of aliphatic hydroxyl groups excluding tert-OH is 3. The quantitative estimate of drug-likeness (QED) is 0.379. The van der Waals surface area contributed by atoms with Gasteiger partial charge in [-0.15, -0.1) is 0 Å². The second-order valence-electron chi connectivity index (χ2n) is 5.61. The summed E-state index contributed by atoms with van der Waals surface area (Å²) in [7, 11) is 0. The first-order chi connectivity index (χ1) is 12.5. The summed E-state index contributed by atoms with van der Waals surface area (Å²) in [5.41, 5.74) is 6.55. The highest BCUT2D eigenvalue weighted by atomic mass is 16.6. The summed E-state index contributed by atoms with van der Waals surface area (Å²) in [6.07, 6.45) is -1.81. The Labute approximate surface area is 148 Å². The fourth-order valence-corrected chi connectivity index (χ4v) is 2.79. The molecule has 10 nitrogen and oxygen atoms in total. The summed E-state index contributed by atoms with van der Waals surface area (Å²) in [6.45, 7) is 1.41. The summed E-state index contributed by atoms with van der Waals surface area (Å²) in [6, 6.07) is 0. The van der Waals surface area contributed by atoms with Crippen LogP contribution in [0.4, 0.5) is 5.82 Å². The average molecular weight is 362 g/mol. The fourth-order valence-electron chi connectivity index (χ4n) is 2.79. The Kier molecular flexibility index (Phi) is 5.06. The third-order valence-corrected chi connectivity index (χ3v) is 4.00. The van der Waals surface area contributed by atoms with E-state index in [9.17, 15) is 20.1 Å². The zero-order chi connectivity index (χ0) is 18.8. The van der Waals surface area contributed by atoms with Crippen molar-refractivity contribution in [3.05, 3.63) is 18.1 Å². The molecule has 0 amide bonds. The van der Waals surface area contributed by atoms with Crippen molar-refractivity contribution in [1.82, 2.24) is 14.5 Å². The topological polar surface area (TPSA) is 153 Å². The Bertz CT molecular complexity index is 886. The number of carbonyl (C=O) groups excluding carboxylic acids is 1. The maximum Gasteiger partial charge on any atom is 0.384 e. The number of aromatic nitrogens is 3. The number of anilines is 1. The molecule has 0 aliphatic carbocycles. The number of hydrogen-bond donors (Lipinski definition) is 4. The van der Waals surface area contributed by atoms with Gasteiger partial charge in [0.1, 0.15) is 36.1 Å². The van der Waals surface area contributed by atoms with E-state index in [-0.39, 0.29) is 12.4 Å². The van der Waals surface area contributed by atoms with Gasteiger partial charge in [-0.05, 0) is 6.92 Å². The molecule has 0 aromatic carbocycles. The summed E-state index contributed by atoms with van der Waals surface area (Å²) in [5.74, 6) is 4.42. The minimum absolute atomic E-state index is 0.133. The largest absolute Gasteiger partial charge is 0.456 e. The van der Waals surface area contributed by atoms with Gasteiger partial charge >= 0.3 is 5.97 Å². The van der Waals surface area contributed by atoms with Crippen molar-refractivity contribution in [2.75, 3.05) is 18.9 Å². The van der Waals surface area contributed by atoms with Gasteiger partial charge in [-0.2, -0.15) is 0 Å². The van der Waals surface area contributed by atoms with Gasteiger partial charge < -0.3 is 35.1 Å². The van der Waals surface area contributed by atoms with E-state index in [0.29, 0.717) is 16.6 Å². The van der Waals surface area contributed by atoms with Crippen LogP contribution >= 0.6 is 0 Å². The van der Waals surface area contributed by atoms with Gasteiger partial charge in [0.25, 0.3) is 0 Å². The van der Waals surface area contributed by atoms with Crippen molar-refractivity contribution >= 4 is 22.8 Å². The Balaban J connectivity index is 2.08. The van der Waals surface area contributed by atoms with Gasteiger partial charge in [-0.1, -0.05) is 5.92 Å². The number of fused-ring (bicyclic) bond motifs is 1. The first kappa shape index (κ1) is 18.1. The minimum atomic E-state index is -1.30. The number of nitrogen functional groups attached to an aromatic ring is 1. The molecule has 3 heterocycles. The van der Waals surface area contributed by atoms with Crippen molar-refractivity contribution < 1.29 is 29.6 Å². The summed E-state index contributed by atoms with van der Waals surface area (Å²) in [5, 5.41) is 29.8. The Morgan fingerprint density at radius 2 is 2.19 bits per heavy atom. The zero-order valence-corrected chi connectivity index (χ0v) is 13.9. The van der Waals surface area contributed by atoms with E-state index in [1.807, 2.05) is 0 Å². The van der Waals surface area contributed by atoms with Crippen LogP contribution in [0.25, 0.3) is 11.0 Å². The molecule has 0 radical (unpaired) electrons. The van der Waals surface area contributed by atoms with E-state index in [4.69, 9.17) is 15.2 Å². The molecule has 1 saturated heterocycles. The van der Waals surface area contributed by atoms with Crippen molar-refractivity contribution in [1.29, 1.82) is 0 Å². The molecule has 0 unspecified atom stereocenters. The molecule has 4 atom stereocenters. The van der Waals surface area contributed by atoms with Crippen LogP contribution in [0, 0.1) is 11.8 Å². The van der Waals surface area contributed by atoms with Gasteiger partial charge in [-0.25, -0.2) is 14.8 Å². The van der Waals surface area contributed by atoms with E-state index in [1.165, 1.54) is 17.1 Å².